The topological polar surface area (TPSA) is 67.9 Å². The van der Waals surface area contributed by atoms with Crippen LogP contribution in [0.1, 0.15) is 0 Å². The highest BCUT2D eigenvalue weighted by Crippen LogP contribution is 2.37. The van der Waals surface area contributed by atoms with Crippen molar-refractivity contribution in [2.45, 2.75) is 0 Å². The Hall–Kier alpha value is -7.70. The molecule has 0 radical (unpaired) electrons. The van der Waals surface area contributed by atoms with Crippen molar-refractivity contribution >= 4 is 34.6 Å². The number of furan rings is 1. The molecule has 6 aromatic carbocycles. The number of nitrogens with zero attached hydrogens (tertiary/aromatic N) is 5. The van der Waals surface area contributed by atoms with Crippen LogP contribution in [0, 0.1) is 0 Å². The number of fused-ring (bicyclic) bond motifs is 1. The fraction of sp³-hybridized carbons (Fsp3) is 0. The van der Waals surface area contributed by atoms with Gasteiger partial charge in [-0.1, -0.05) is 152 Å². The van der Waals surface area contributed by atoms with Crippen LogP contribution in [0.2, 0.25) is 0 Å². The van der Waals surface area contributed by atoms with Gasteiger partial charge in [0.2, 0.25) is 0 Å². The summed E-state index contributed by atoms with van der Waals surface area (Å²) < 4.78 is 6.63. The maximum Gasteiger partial charge on any atom is 0.164 e. The largest absolute Gasteiger partial charge is 0.456 e. The van der Waals surface area contributed by atoms with Crippen molar-refractivity contribution in [3.8, 4) is 56.5 Å². The van der Waals surface area contributed by atoms with Crippen molar-refractivity contribution in [3.63, 3.8) is 0 Å². The molecule has 0 atom stereocenters. The Balaban J connectivity index is 1.31. The number of para-hydroxylation sites is 1. The maximum absolute atomic E-state index is 6.63. The lowest BCUT2D eigenvalue weighted by molar-refractivity contribution is 0.575. The Kier molecular flexibility index (Phi) is 9.34. The van der Waals surface area contributed by atoms with E-state index in [0.717, 1.165) is 61.1 Å². The predicted molar refractivity (Wildman–Crippen MR) is 228 cm³/mol. The molecule has 0 spiro atoms. The summed E-state index contributed by atoms with van der Waals surface area (Å²) >= 11 is 0. The summed E-state index contributed by atoms with van der Waals surface area (Å²) in [4.78, 5) is 22.0. The van der Waals surface area contributed by atoms with E-state index in [0.29, 0.717) is 28.5 Å². The zero-order valence-electron chi connectivity index (χ0n) is 30.4. The second-order valence-electron chi connectivity index (χ2n) is 13.1. The highest BCUT2D eigenvalue weighted by molar-refractivity contribution is 5.95. The normalized spacial score (nSPS) is 11.9. The van der Waals surface area contributed by atoms with Gasteiger partial charge in [-0.25, -0.2) is 15.0 Å². The molecule has 266 valence electrons. The SMILES string of the molecule is C=C/C=c1/oc2cccc(-c3nc(-c4ccccc4)nc(-c4ccccc4)n3)c2/c1=C/N(c1ccc(-c2ccccn2)cc1)c1ccccc1-c1ccccc1. The van der Waals surface area contributed by atoms with Crippen molar-refractivity contribution in [1.82, 2.24) is 19.9 Å². The van der Waals surface area contributed by atoms with E-state index >= 15 is 0 Å². The smallest absolute Gasteiger partial charge is 0.164 e. The first-order chi connectivity index (χ1) is 27.7. The van der Waals surface area contributed by atoms with E-state index in [1.54, 1.807) is 6.08 Å². The number of pyridine rings is 1. The molecule has 0 saturated carbocycles. The highest BCUT2D eigenvalue weighted by atomic mass is 16.3. The summed E-state index contributed by atoms with van der Waals surface area (Å²) in [5, 5.41) is 1.73. The molecule has 0 unspecified atom stereocenters. The number of benzene rings is 6. The van der Waals surface area contributed by atoms with Crippen molar-refractivity contribution < 1.29 is 4.42 Å². The molecule has 0 fully saturated rings. The molecule has 56 heavy (non-hydrogen) atoms. The van der Waals surface area contributed by atoms with Gasteiger partial charge in [0.15, 0.2) is 17.5 Å². The lowest BCUT2D eigenvalue weighted by atomic mass is 10.0. The summed E-state index contributed by atoms with van der Waals surface area (Å²) in [5.41, 5.74) is 10.1. The first-order valence-electron chi connectivity index (χ1n) is 18.4. The summed E-state index contributed by atoms with van der Waals surface area (Å²) in [5.74, 6) is 1.72. The summed E-state index contributed by atoms with van der Waals surface area (Å²) in [6.07, 6.45) is 7.62. The van der Waals surface area contributed by atoms with Crippen LogP contribution in [0.5, 0.6) is 0 Å². The Morgan fingerprint density at radius 3 is 1.73 bits per heavy atom. The molecule has 0 N–H and O–H groups in total. The zero-order chi connectivity index (χ0) is 37.7. The number of hydrogen-bond acceptors (Lipinski definition) is 6. The van der Waals surface area contributed by atoms with Gasteiger partial charge in [0, 0.05) is 56.5 Å². The van der Waals surface area contributed by atoms with Crippen LogP contribution in [0.3, 0.4) is 0 Å². The second kappa shape index (κ2) is 15.3. The van der Waals surface area contributed by atoms with Crippen LogP contribution >= 0.6 is 0 Å². The van der Waals surface area contributed by atoms with E-state index in [1.165, 1.54) is 0 Å². The summed E-state index contributed by atoms with van der Waals surface area (Å²) in [7, 11) is 0. The van der Waals surface area contributed by atoms with Crippen molar-refractivity contribution in [2.75, 3.05) is 4.90 Å². The van der Waals surface area contributed by atoms with Gasteiger partial charge in [-0.2, -0.15) is 0 Å². The second-order valence-corrected chi connectivity index (χ2v) is 13.1. The fourth-order valence-corrected chi connectivity index (χ4v) is 6.95. The van der Waals surface area contributed by atoms with Gasteiger partial charge in [-0.05, 0) is 48.0 Å². The quantitative estimate of drug-likeness (QED) is 0.148. The molecule has 6 nitrogen and oxygen atoms in total. The highest BCUT2D eigenvalue weighted by Gasteiger charge is 2.19. The van der Waals surface area contributed by atoms with E-state index in [9.17, 15) is 0 Å². The number of allylic oxidation sites excluding steroid dienone is 1. The van der Waals surface area contributed by atoms with Crippen LogP contribution < -0.4 is 15.5 Å². The first-order valence-corrected chi connectivity index (χ1v) is 18.4. The Morgan fingerprint density at radius 2 is 1.09 bits per heavy atom. The molecule has 9 aromatic rings. The van der Waals surface area contributed by atoms with Crippen molar-refractivity contribution in [1.29, 1.82) is 0 Å². The van der Waals surface area contributed by atoms with Crippen LogP contribution in [0.4, 0.5) is 11.4 Å². The third kappa shape index (κ3) is 6.79. The number of anilines is 2. The maximum atomic E-state index is 6.63. The number of hydrogen-bond donors (Lipinski definition) is 0. The number of rotatable bonds is 9. The third-order valence-electron chi connectivity index (χ3n) is 9.60. The molecule has 9 rings (SSSR count). The van der Waals surface area contributed by atoms with E-state index < -0.39 is 0 Å². The molecular weight excluding hydrogens is 687 g/mol. The molecular formula is C50H35N5O. The monoisotopic (exact) mass is 721 g/mol. The van der Waals surface area contributed by atoms with Gasteiger partial charge >= 0.3 is 0 Å². The van der Waals surface area contributed by atoms with Gasteiger partial charge in [-0.3, -0.25) is 4.98 Å². The van der Waals surface area contributed by atoms with Crippen molar-refractivity contribution in [3.05, 3.63) is 205 Å². The molecule has 0 aliphatic rings. The van der Waals surface area contributed by atoms with Crippen LogP contribution in [0.15, 0.2) is 199 Å². The predicted octanol–water partition coefficient (Wildman–Crippen LogP) is 10.9. The lowest BCUT2D eigenvalue weighted by Crippen LogP contribution is -2.25. The van der Waals surface area contributed by atoms with Gasteiger partial charge in [-0.15, -0.1) is 0 Å². The lowest BCUT2D eigenvalue weighted by Gasteiger charge is -2.24. The minimum atomic E-state index is 0.542. The van der Waals surface area contributed by atoms with Crippen LogP contribution in [-0.4, -0.2) is 19.9 Å². The summed E-state index contributed by atoms with van der Waals surface area (Å²) in [6, 6.07) is 59.4. The van der Waals surface area contributed by atoms with Gasteiger partial charge < -0.3 is 9.32 Å². The first kappa shape index (κ1) is 34.1. The van der Waals surface area contributed by atoms with E-state index in [1.807, 2.05) is 109 Å². The molecule has 0 bridgehead atoms. The average molecular weight is 722 g/mol. The van der Waals surface area contributed by atoms with E-state index in [-0.39, 0.29) is 0 Å². The standard InChI is InChI=1S/C50H35N5O/c1-2-17-45-42(34-55(39-31-29-36(30-32-39)43-26-14-15-33-51-43)44-27-13-12-24-40(44)35-18-6-3-7-19-35)47-41(25-16-28-46(47)56-45)50-53-48(37-20-8-4-9-21-37)52-49(54-50)38-22-10-5-11-23-38/h2-34H,1H2/b42-34+,45-17+. The zero-order valence-corrected chi connectivity index (χ0v) is 30.4. The Morgan fingerprint density at radius 1 is 0.500 bits per heavy atom. The van der Waals surface area contributed by atoms with Gasteiger partial charge in [0.05, 0.1) is 11.4 Å². The molecule has 0 aliphatic carbocycles. The van der Waals surface area contributed by atoms with Crippen LogP contribution in [-0.2, 0) is 0 Å². The molecule has 3 aromatic heterocycles. The average Bonchev–Trinajstić information content (AvgIpc) is 3.63. The fourth-order valence-electron chi connectivity index (χ4n) is 6.95. The van der Waals surface area contributed by atoms with E-state index in [2.05, 4.69) is 102 Å². The molecule has 6 heteroatoms. The molecule has 0 saturated heterocycles. The number of aromatic nitrogens is 4. The molecule has 0 amide bonds. The van der Waals surface area contributed by atoms with Crippen LogP contribution in [0.25, 0.3) is 79.8 Å². The Bertz CT molecular complexity index is 2850. The van der Waals surface area contributed by atoms with Gasteiger partial charge in [0.1, 0.15) is 11.0 Å². The minimum absolute atomic E-state index is 0.542. The summed E-state index contributed by atoms with van der Waals surface area (Å²) in [6.45, 7) is 4.04. The molecule has 0 aliphatic heterocycles. The Labute approximate surface area is 324 Å². The minimum Gasteiger partial charge on any atom is -0.456 e. The third-order valence-corrected chi connectivity index (χ3v) is 9.60. The molecule has 3 heterocycles. The van der Waals surface area contributed by atoms with Crippen molar-refractivity contribution in [2.24, 2.45) is 0 Å². The van der Waals surface area contributed by atoms with Gasteiger partial charge in [0.25, 0.3) is 0 Å². The van der Waals surface area contributed by atoms with E-state index in [4.69, 9.17) is 19.4 Å².